The van der Waals surface area contributed by atoms with Crippen molar-refractivity contribution in [2.24, 2.45) is 0 Å². The zero-order chi connectivity index (χ0) is 24.5. The van der Waals surface area contributed by atoms with E-state index in [1.807, 2.05) is 54.6 Å². The van der Waals surface area contributed by atoms with Gasteiger partial charge in [-0.1, -0.05) is 53.8 Å². The summed E-state index contributed by atoms with van der Waals surface area (Å²) < 4.78 is 5.29. The van der Waals surface area contributed by atoms with Crippen LogP contribution in [-0.4, -0.2) is 38.4 Å². The van der Waals surface area contributed by atoms with Crippen molar-refractivity contribution in [2.75, 3.05) is 17.2 Å². The Kier molecular flexibility index (Phi) is 7.91. The molecule has 0 radical (unpaired) electrons. The van der Waals surface area contributed by atoms with Gasteiger partial charge in [0.15, 0.2) is 0 Å². The molecule has 4 aromatic rings. The van der Waals surface area contributed by atoms with Gasteiger partial charge < -0.3 is 15.2 Å². The normalized spacial score (nSPS) is 11.1. The molecule has 1 atom stereocenters. The van der Waals surface area contributed by atoms with Gasteiger partial charge in [0, 0.05) is 22.0 Å². The number of rotatable bonds is 7. The smallest absolute Gasteiger partial charge is 0.411 e. The highest BCUT2D eigenvalue weighted by Crippen LogP contribution is 2.27. The Morgan fingerprint density at radius 1 is 1.09 bits per heavy atom. The Hall–Kier alpha value is -4.39. The molecule has 0 saturated carbocycles. The number of benzene rings is 3. The lowest BCUT2D eigenvalue weighted by atomic mass is 10.1. The molecule has 0 fully saturated rings. The van der Waals surface area contributed by atoms with Crippen LogP contribution in [0.3, 0.4) is 0 Å². The monoisotopic (exact) mass is 488 g/mol. The van der Waals surface area contributed by atoms with E-state index in [0.29, 0.717) is 22.1 Å². The largest absolute Gasteiger partial charge is 0.444 e. The van der Waals surface area contributed by atoms with Crippen molar-refractivity contribution in [3.8, 4) is 23.2 Å². The van der Waals surface area contributed by atoms with Crippen LogP contribution in [0.5, 0.6) is 0 Å². The third kappa shape index (κ3) is 6.80. The summed E-state index contributed by atoms with van der Waals surface area (Å²) in [5, 5.41) is 29.5. The highest BCUT2D eigenvalue weighted by molar-refractivity contribution is 6.31. The number of hydrogen-bond acceptors (Lipinski definition) is 7. The Bertz CT molecular complexity index is 1320. The molecule has 0 spiro atoms. The molecule has 0 aliphatic carbocycles. The first-order chi connectivity index (χ1) is 17.1. The third-order valence-electron chi connectivity index (χ3n) is 4.84. The maximum atomic E-state index is 12.3. The van der Waals surface area contributed by atoms with E-state index in [4.69, 9.17) is 16.3 Å². The van der Waals surface area contributed by atoms with Gasteiger partial charge in [-0.25, -0.2) is 4.79 Å². The standard InChI is InChI=1S/C25H21ClN6O3/c26-20-13-19(14-22(15-20)28-25(34)35-16-17-5-2-1-3-6-17)23(7-4-12-33)27-21-10-8-18(9-11-21)24-29-31-32-30-24/h1-3,5-6,8-11,13-15,23,27,33H,12,16H2,(H,28,34)(H,29,30,31,32)/t23-/m0/s1. The molecule has 0 unspecified atom stereocenters. The summed E-state index contributed by atoms with van der Waals surface area (Å²) in [6.45, 7) is -0.154. The summed E-state index contributed by atoms with van der Waals surface area (Å²) in [6.07, 6.45) is -0.606. The summed E-state index contributed by atoms with van der Waals surface area (Å²) in [4.78, 5) is 12.3. The number of anilines is 2. The van der Waals surface area contributed by atoms with E-state index in [0.717, 1.165) is 16.8 Å². The second-order valence-electron chi connectivity index (χ2n) is 7.33. The summed E-state index contributed by atoms with van der Waals surface area (Å²) in [5.41, 5.74) is 3.59. The zero-order valence-corrected chi connectivity index (χ0v) is 19.2. The van der Waals surface area contributed by atoms with Crippen LogP contribution in [0.4, 0.5) is 16.2 Å². The second kappa shape index (κ2) is 11.7. The van der Waals surface area contributed by atoms with E-state index in [2.05, 4.69) is 43.1 Å². The number of aromatic amines is 1. The lowest BCUT2D eigenvalue weighted by Crippen LogP contribution is -2.15. The van der Waals surface area contributed by atoms with Crippen LogP contribution in [-0.2, 0) is 11.3 Å². The highest BCUT2D eigenvalue weighted by atomic mass is 35.5. The summed E-state index contributed by atoms with van der Waals surface area (Å²) in [7, 11) is 0. The van der Waals surface area contributed by atoms with Crippen LogP contribution < -0.4 is 10.6 Å². The number of nitrogens with one attached hydrogen (secondary N) is 3. The Balaban J connectivity index is 1.48. The highest BCUT2D eigenvalue weighted by Gasteiger charge is 2.13. The summed E-state index contributed by atoms with van der Waals surface area (Å²) in [6, 6.07) is 21.4. The molecule has 1 aromatic heterocycles. The minimum Gasteiger partial charge on any atom is -0.444 e. The molecule has 176 valence electrons. The van der Waals surface area contributed by atoms with Gasteiger partial charge in [-0.05, 0) is 58.8 Å². The number of H-pyrrole nitrogens is 1. The van der Waals surface area contributed by atoms with E-state index in [-0.39, 0.29) is 13.2 Å². The van der Waals surface area contributed by atoms with Crippen molar-refractivity contribution in [3.05, 3.63) is 88.9 Å². The lowest BCUT2D eigenvalue weighted by molar-refractivity contribution is 0.155. The average molecular weight is 489 g/mol. The fourth-order valence-corrected chi connectivity index (χ4v) is 3.49. The Labute approximate surface area is 206 Å². The summed E-state index contributed by atoms with van der Waals surface area (Å²) in [5.74, 6) is 6.14. The van der Waals surface area contributed by atoms with Crippen molar-refractivity contribution in [3.63, 3.8) is 0 Å². The zero-order valence-electron chi connectivity index (χ0n) is 18.4. The molecule has 1 amide bonds. The van der Waals surface area contributed by atoms with Crippen molar-refractivity contribution in [2.45, 2.75) is 12.6 Å². The summed E-state index contributed by atoms with van der Waals surface area (Å²) >= 11 is 6.33. The van der Waals surface area contributed by atoms with Crippen LogP contribution in [0, 0.1) is 11.8 Å². The predicted octanol–water partition coefficient (Wildman–Crippen LogP) is 4.42. The quantitative estimate of drug-likeness (QED) is 0.284. The van der Waals surface area contributed by atoms with E-state index in [1.165, 1.54) is 0 Å². The molecule has 10 heteroatoms. The van der Waals surface area contributed by atoms with E-state index >= 15 is 0 Å². The maximum absolute atomic E-state index is 12.3. The van der Waals surface area contributed by atoms with Crippen LogP contribution in [0.15, 0.2) is 72.8 Å². The molecule has 0 aliphatic heterocycles. The molecular weight excluding hydrogens is 468 g/mol. The number of aliphatic hydroxyl groups is 1. The van der Waals surface area contributed by atoms with Gasteiger partial charge in [0.05, 0.1) is 0 Å². The molecule has 1 heterocycles. The van der Waals surface area contributed by atoms with Crippen LogP contribution >= 0.6 is 11.6 Å². The number of nitrogens with zero attached hydrogens (tertiary/aromatic N) is 3. The fraction of sp³-hybridized carbons (Fsp3) is 0.120. The van der Waals surface area contributed by atoms with Gasteiger partial charge in [0.1, 0.15) is 19.3 Å². The average Bonchev–Trinajstić information content (AvgIpc) is 3.41. The number of tetrazole rings is 1. The third-order valence-corrected chi connectivity index (χ3v) is 5.06. The van der Waals surface area contributed by atoms with Crippen LogP contribution in [0.25, 0.3) is 11.4 Å². The van der Waals surface area contributed by atoms with Crippen molar-refractivity contribution >= 4 is 29.1 Å². The number of aromatic nitrogens is 4. The minimum absolute atomic E-state index is 0.145. The van der Waals surface area contributed by atoms with E-state index in [9.17, 15) is 9.90 Å². The van der Waals surface area contributed by atoms with Crippen LogP contribution in [0.2, 0.25) is 5.02 Å². The molecule has 4 rings (SSSR count). The molecule has 0 bridgehead atoms. The van der Waals surface area contributed by atoms with E-state index < -0.39 is 12.1 Å². The second-order valence-corrected chi connectivity index (χ2v) is 7.77. The van der Waals surface area contributed by atoms with Crippen molar-refractivity contribution < 1.29 is 14.6 Å². The SMILES string of the molecule is O=C(Nc1cc(Cl)cc([C@H](C#CCO)Nc2ccc(-c3nn[nH]n3)cc2)c1)OCc1ccccc1. The van der Waals surface area contributed by atoms with Gasteiger partial charge in [0.2, 0.25) is 5.82 Å². The first kappa shape index (κ1) is 23.8. The number of amides is 1. The molecule has 0 aliphatic rings. The van der Waals surface area contributed by atoms with Gasteiger partial charge in [-0.2, -0.15) is 5.21 Å². The van der Waals surface area contributed by atoms with Crippen LogP contribution in [0.1, 0.15) is 17.2 Å². The molecule has 0 saturated heterocycles. The minimum atomic E-state index is -0.606. The molecular formula is C25H21ClN6O3. The topological polar surface area (TPSA) is 125 Å². The Morgan fingerprint density at radius 2 is 1.89 bits per heavy atom. The van der Waals surface area contributed by atoms with Crippen molar-refractivity contribution in [1.82, 2.24) is 20.6 Å². The van der Waals surface area contributed by atoms with Gasteiger partial charge in [-0.3, -0.25) is 5.32 Å². The van der Waals surface area contributed by atoms with Gasteiger partial charge in [-0.15, -0.1) is 10.2 Å². The van der Waals surface area contributed by atoms with Crippen molar-refractivity contribution in [1.29, 1.82) is 0 Å². The van der Waals surface area contributed by atoms with Gasteiger partial charge >= 0.3 is 6.09 Å². The Morgan fingerprint density at radius 3 is 2.60 bits per heavy atom. The number of carbonyl (C=O) groups is 1. The number of ether oxygens (including phenoxy) is 1. The molecule has 35 heavy (non-hydrogen) atoms. The molecule has 9 nitrogen and oxygen atoms in total. The maximum Gasteiger partial charge on any atom is 0.411 e. The molecule has 3 aromatic carbocycles. The molecule has 4 N–H and O–H groups in total. The number of carbonyl (C=O) groups excluding carboxylic acids is 1. The first-order valence-corrected chi connectivity index (χ1v) is 11.0. The fourth-order valence-electron chi connectivity index (χ4n) is 3.24. The lowest BCUT2D eigenvalue weighted by Gasteiger charge is -2.17. The first-order valence-electron chi connectivity index (χ1n) is 10.6. The number of halogens is 1. The number of hydrogen-bond donors (Lipinski definition) is 4. The number of aliphatic hydroxyl groups excluding tert-OH is 1. The van der Waals surface area contributed by atoms with Gasteiger partial charge in [0.25, 0.3) is 0 Å². The predicted molar refractivity (Wildman–Crippen MR) is 133 cm³/mol. The van der Waals surface area contributed by atoms with E-state index in [1.54, 1.807) is 18.2 Å².